The number of benzene rings is 1. The van der Waals surface area contributed by atoms with Gasteiger partial charge >= 0.3 is 0 Å². The van der Waals surface area contributed by atoms with Gasteiger partial charge in [0.15, 0.2) is 5.82 Å². The molecule has 4 N–H and O–H groups in total. The fourth-order valence-corrected chi connectivity index (χ4v) is 2.53. The van der Waals surface area contributed by atoms with Crippen molar-refractivity contribution in [3.63, 3.8) is 0 Å². The van der Waals surface area contributed by atoms with E-state index >= 15 is 0 Å². The topological polar surface area (TPSA) is 96.9 Å². The fourth-order valence-electron chi connectivity index (χ4n) is 2.53. The molecule has 1 atom stereocenters. The number of rotatable bonds is 2. The normalized spacial score (nSPS) is 18.0. The van der Waals surface area contributed by atoms with E-state index in [1.54, 1.807) is 12.1 Å². The molecular formula is C14H15FN6. The molecule has 6 nitrogen and oxygen atoms in total. The minimum Gasteiger partial charge on any atom is -0.382 e. The summed E-state index contributed by atoms with van der Waals surface area (Å²) >= 11 is 0. The number of hydrogen-bond donors (Lipinski definition) is 2. The fraction of sp³-hybridized carbons (Fsp3) is 0.286. The first-order valence-electron chi connectivity index (χ1n) is 6.65. The van der Waals surface area contributed by atoms with Gasteiger partial charge in [0, 0.05) is 19.1 Å². The van der Waals surface area contributed by atoms with Gasteiger partial charge in [0.1, 0.15) is 23.3 Å². The average molecular weight is 286 g/mol. The highest BCUT2D eigenvalue weighted by atomic mass is 19.1. The Hall–Kier alpha value is -2.59. The molecule has 0 amide bonds. The Bertz CT molecular complexity index is 717. The maximum Gasteiger partial charge on any atom is 0.171 e. The van der Waals surface area contributed by atoms with Gasteiger partial charge in [0.05, 0.1) is 5.69 Å². The van der Waals surface area contributed by atoms with Crippen LogP contribution in [0.1, 0.15) is 12.0 Å². The summed E-state index contributed by atoms with van der Waals surface area (Å²) in [5.41, 5.74) is 12.7. The summed E-state index contributed by atoms with van der Waals surface area (Å²) in [6.45, 7) is 1.36. The van der Waals surface area contributed by atoms with E-state index in [1.165, 1.54) is 16.8 Å². The first kappa shape index (κ1) is 13.4. The Morgan fingerprint density at radius 3 is 2.86 bits per heavy atom. The quantitative estimate of drug-likeness (QED) is 0.858. The number of hydrogen-bond acceptors (Lipinski definition) is 5. The highest BCUT2D eigenvalue weighted by Gasteiger charge is 2.27. The number of anilines is 2. The third kappa shape index (κ3) is 2.30. The highest BCUT2D eigenvalue weighted by molar-refractivity contribution is 5.67. The second kappa shape index (κ2) is 5.07. The van der Waals surface area contributed by atoms with Gasteiger partial charge in [-0.25, -0.2) is 9.07 Å². The first-order valence-corrected chi connectivity index (χ1v) is 6.65. The van der Waals surface area contributed by atoms with E-state index in [-0.39, 0.29) is 17.7 Å². The molecule has 0 bridgehead atoms. The summed E-state index contributed by atoms with van der Waals surface area (Å²) in [4.78, 5) is 1.94. The molecule has 108 valence electrons. The number of nitrogens with zero attached hydrogens (tertiary/aromatic N) is 4. The van der Waals surface area contributed by atoms with Crippen molar-refractivity contribution < 1.29 is 4.39 Å². The smallest absolute Gasteiger partial charge is 0.171 e. The molecule has 1 aromatic heterocycles. The van der Waals surface area contributed by atoms with Gasteiger partial charge in [-0.15, -0.1) is 5.10 Å². The number of aromatic nitrogens is 2. The second-order valence-electron chi connectivity index (χ2n) is 5.08. The Balaban J connectivity index is 2.08. The monoisotopic (exact) mass is 286 g/mol. The summed E-state index contributed by atoms with van der Waals surface area (Å²) < 4.78 is 14.7. The van der Waals surface area contributed by atoms with Gasteiger partial charge in [-0.2, -0.15) is 5.26 Å². The molecule has 7 heteroatoms. The van der Waals surface area contributed by atoms with Gasteiger partial charge in [0.2, 0.25) is 0 Å². The minimum atomic E-state index is -0.384. The largest absolute Gasteiger partial charge is 0.382 e. The number of nitrogens with two attached hydrogens (primary N) is 2. The van der Waals surface area contributed by atoms with Crippen LogP contribution < -0.4 is 16.4 Å². The molecule has 0 aliphatic carbocycles. The van der Waals surface area contributed by atoms with Crippen molar-refractivity contribution in [2.75, 3.05) is 23.7 Å². The lowest BCUT2D eigenvalue weighted by Crippen LogP contribution is -2.27. The predicted octanol–water partition coefficient (Wildman–Crippen LogP) is 1.00. The Morgan fingerprint density at radius 1 is 1.43 bits per heavy atom. The van der Waals surface area contributed by atoms with Crippen molar-refractivity contribution in [1.82, 2.24) is 9.78 Å². The highest BCUT2D eigenvalue weighted by Crippen LogP contribution is 2.29. The van der Waals surface area contributed by atoms with Crippen molar-refractivity contribution in [2.24, 2.45) is 5.73 Å². The molecule has 2 aromatic rings. The van der Waals surface area contributed by atoms with E-state index in [0.29, 0.717) is 23.6 Å². The molecule has 1 fully saturated rings. The molecule has 2 heterocycles. The van der Waals surface area contributed by atoms with Gasteiger partial charge < -0.3 is 16.4 Å². The number of halogens is 1. The van der Waals surface area contributed by atoms with Crippen molar-refractivity contribution in [1.29, 1.82) is 5.26 Å². The third-order valence-electron chi connectivity index (χ3n) is 3.59. The lowest BCUT2D eigenvalue weighted by molar-refractivity contribution is 0.625. The van der Waals surface area contributed by atoms with Crippen LogP contribution in [0.4, 0.5) is 16.0 Å². The van der Waals surface area contributed by atoms with E-state index in [4.69, 9.17) is 11.5 Å². The maximum atomic E-state index is 13.4. The molecule has 1 aromatic carbocycles. The summed E-state index contributed by atoms with van der Waals surface area (Å²) in [5.74, 6) is 0.330. The van der Waals surface area contributed by atoms with Crippen LogP contribution in [0.25, 0.3) is 5.69 Å². The maximum absolute atomic E-state index is 13.4. The predicted molar refractivity (Wildman–Crippen MR) is 77.5 cm³/mol. The zero-order chi connectivity index (χ0) is 15.0. The molecule has 21 heavy (non-hydrogen) atoms. The molecule has 1 unspecified atom stereocenters. The van der Waals surface area contributed by atoms with Crippen LogP contribution in [-0.4, -0.2) is 28.9 Å². The van der Waals surface area contributed by atoms with Crippen LogP contribution in [0.2, 0.25) is 0 Å². The molecule has 1 aliphatic heterocycles. The third-order valence-corrected chi connectivity index (χ3v) is 3.59. The number of nitrogen functional groups attached to an aromatic ring is 1. The summed E-state index contributed by atoms with van der Waals surface area (Å²) in [7, 11) is 0. The molecule has 1 saturated heterocycles. The molecule has 1 aliphatic rings. The molecule has 0 spiro atoms. The Kier molecular flexibility index (Phi) is 3.23. The zero-order valence-corrected chi connectivity index (χ0v) is 11.3. The molecule has 0 radical (unpaired) electrons. The lowest BCUT2D eigenvalue weighted by atomic mass is 10.3. The second-order valence-corrected chi connectivity index (χ2v) is 5.08. The van der Waals surface area contributed by atoms with Gasteiger partial charge in [-0.3, -0.25) is 0 Å². The van der Waals surface area contributed by atoms with Crippen molar-refractivity contribution in [2.45, 2.75) is 12.5 Å². The van der Waals surface area contributed by atoms with Crippen LogP contribution in [0.15, 0.2) is 24.3 Å². The lowest BCUT2D eigenvalue weighted by Gasteiger charge is -2.14. The van der Waals surface area contributed by atoms with Crippen molar-refractivity contribution >= 4 is 11.6 Å². The van der Waals surface area contributed by atoms with Crippen LogP contribution in [0, 0.1) is 17.1 Å². The molecule has 3 rings (SSSR count). The van der Waals surface area contributed by atoms with Gasteiger partial charge in [-0.1, -0.05) is 6.07 Å². The minimum absolute atomic E-state index is 0.0667. The van der Waals surface area contributed by atoms with Gasteiger partial charge in [0.25, 0.3) is 0 Å². The van der Waals surface area contributed by atoms with E-state index in [0.717, 1.165) is 13.0 Å². The Morgan fingerprint density at radius 2 is 2.24 bits per heavy atom. The Labute approximate surface area is 121 Å². The van der Waals surface area contributed by atoms with Gasteiger partial charge in [-0.05, 0) is 24.6 Å². The molecule has 0 saturated carbocycles. The molecular weight excluding hydrogens is 271 g/mol. The first-order chi connectivity index (χ1) is 10.1. The van der Waals surface area contributed by atoms with Crippen molar-refractivity contribution in [3.05, 3.63) is 35.6 Å². The average Bonchev–Trinajstić information content (AvgIpc) is 3.02. The van der Waals surface area contributed by atoms with Crippen LogP contribution >= 0.6 is 0 Å². The summed E-state index contributed by atoms with van der Waals surface area (Å²) in [5, 5.41) is 13.7. The van der Waals surface area contributed by atoms with Crippen molar-refractivity contribution in [3.8, 4) is 11.8 Å². The summed E-state index contributed by atoms with van der Waals surface area (Å²) in [6, 6.07) is 8.07. The summed E-state index contributed by atoms with van der Waals surface area (Å²) in [6.07, 6.45) is 0.845. The SMILES string of the molecule is N#Cc1c(N2CCC(N)C2)nn(-c2cccc(F)c2)c1N. The van der Waals surface area contributed by atoms with E-state index in [9.17, 15) is 9.65 Å². The van der Waals surface area contributed by atoms with Crippen LogP contribution in [0.5, 0.6) is 0 Å². The van der Waals surface area contributed by atoms with E-state index in [2.05, 4.69) is 11.2 Å². The van der Waals surface area contributed by atoms with E-state index in [1.807, 2.05) is 4.90 Å². The standard InChI is InChI=1S/C14H15FN6/c15-9-2-1-3-11(6-9)21-13(18)12(7-16)14(19-21)20-5-4-10(17)8-20/h1-3,6,10H,4-5,8,17-18H2. The zero-order valence-electron chi connectivity index (χ0n) is 11.3. The van der Waals surface area contributed by atoms with Crippen LogP contribution in [0.3, 0.4) is 0 Å². The van der Waals surface area contributed by atoms with E-state index < -0.39 is 0 Å². The number of nitriles is 1. The van der Waals surface area contributed by atoms with Crippen LogP contribution in [-0.2, 0) is 0 Å².